The number of rotatable bonds is 4. The third kappa shape index (κ3) is 3.38. The molecule has 7 nitrogen and oxygen atoms in total. The Morgan fingerprint density at radius 1 is 1.56 bits per heavy atom. The normalized spacial score (nSPS) is 19.3. The molecule has 1 unspecified atom stereocenters. The number of nitrogens with one attached hydrogen (secondary N) is 1. The number of morpholine rings is 1. The van der Waals surface area contributed by atoms with E-state index in [0.717, 1.165) is 13.1 Å². The molecule has 0 saturated carbocycles. The first kappa shape index (κ1) is 12.7. The van der Waals surface area contributed by atoms with E-state index >= 15 is 0 Å². The van der Waals surface area contributed by atoms with Gasteiger partial charge in [0, 0.05) is 19.2 Å². The largest absolute Gasteiger partial charge is 0.474 e. The minimum Gasteiger partial charge on any atom is -0.474 e. The van der Waals surface area contributed by atoms with Crippen molar-refractivity contribution in [2.45, 2.75) is 6.10 Å². The van der Waals surface area contributed by atoms with Crippen molar-refractivity contribution in [1.82, 2.24) is 15.5 Å². The number of methoxy groups -OCH3 is 1. The van der Waals surface area contributed by atoms with E-state index in [0.29, 0.717) is 19.1 Å². The number of nitrogens with zero attached hydrogens (tertiary/aromatic N) is 2. The lowest BCUT2D eigenvalue weighted by molar-refractivity contribution is -0.000960. The lowest BCUT2D eigenvalue weighted by Gasteiger charge is -2.23. The second-order valence-electron chi connectivity index (χ2n) is 3.76. The van der Waals surface area contributed by atoms with Crippen LogP contribution in [-0.4, -0.2) is 55.7 Å². The first-order valence-corrected chi connectivity index (χ1v) is 5.67. The third-order valence-electron chi connectivity index (χ3n) is 2.46. The Bertz CT molecular complexity index is 390. The van der Waals surface area contributed by atoms with Crippen LogP contribution in [-0.2, 0) is 9.47 Å². The first-order valence-electron chi connectivity index (χ1n) is 5.67. The number of hydrogen-bond donors (Lipinski definition) is 1. The highest BCUT2D eigenvalue weighted by atomic mass is 16.5. The van der Waals surface area contributed by atoms with E-state index in [2.05, 4.69) is 20.3 Å². The van der Waals surface area contributed by atoms with E-state index in [1.165, 1.54) is 13.2 Å². The summed E-state index contributed by atoms with van der Waals surface area (Å²) in [7, 11) is 1.29. The zero-order valence-corrected chi connectivity index (χ0v) is 10.1. The summed E-state index contributed by atoms with van der Waals surface area (Å²) in [5, 5.41) is 10.7. The molecule has 1 aromatic rings. The van der Waals surface area contributed by atoms with Crippen LogP contribution in [0.1, 0.15) is 10.5 Å². The molecule has 1 aliphatic heterocycles. The molecule has 0 aromatic carbocycles. The fraction of sp³-hybridized carbons (Fsp3) is 0.545. The van der Waals surface area contributed by atoms with Crippen molar-refractivity contribution < 1.29 is 19.0 Å². The summed E-state index contributed by atoms with van der Waals surface area (Å²) in [5.74, 6) is -0.161. The van der Waals surface area contributed by atoms with Crippen LogP contribution in [0.5, 0.6) is 5.88 Å². The van der Waals surface area contributed by atoms with Crippen molar-refractivity contribution in [2.24, 2.45) is 0 Å². The Kier molecular flexibility index (Phi) is 4.43. The van der Waals surface area contributed by atoms with Crippen LogP contribution in [0.15, 0.2) is 12.1 Å². The lowest BCUT2D eigenvalue weighted by atomic mass is 10.3. The summed E-state index contributed by atoms with van der Waals surface area (Å²) < 4.78 is 15.4. The molecule has 1 N–H and O–H groups in total. The second kappa shape index (κ2) is 6.27. The predicted molar refractivity (Wildman–Crippen MR) is 61.5 cm³/mol. The molecule has 98 valence electrons. The van der Waals surface area contributed by atoms with Crippen molar-refractivity contribution in [3.8, 4) is 5.88 Å². The summed E-state index contributed by atoms with van der Waals surface area (Å²) in [4.78, 5) is 11.1. The zero-order valence-electron chi connectivity index (χ0n) is 10.1. The Morgan fingerprint density at radius 3 is 3.06 bits per heavy atom. The van der Waals surface area contributed by atoms with Gasteiger partial charge in [-0.25, -0.2) is 4.79 Å². The molecular formula is C11H15N3O4. The fourth-order valence-electron chi connectivity index (χ4n) is 1.52. The van der Waals surface area contributed by atoms with Crippen molar-refractivity contribution in [1.29, 1.82) is 0 Å². The summed E-state index contributed by atoms with van der Waals surface area (Å²) in [6.45, 7) is 2.71. The molecule has 1 aromatic heterocycles. The number of carbonyl (C=O) groups excluding carboxylic acids is 1. The molecule has 1 aliphatic rings. The summed E-state index contributed by atoms with van der Waals surface area (Å²) in [6.07, 6.45) is 0.0147. The van der Waals surface area contributed by atoms with Crippen molar-refractivity contribution >= 4 is 5.97 Å². The number of hydrogen-bond acceptors (Lipinski definition) is 7. The summed E-state index contributed by atoms with van der Waals surface area (Å²) in [6, 6.07) is 3.09. The van der Waals surface area contributed by atoms with Gasteiger partial charge in [0.15, 0.2) is 5.69 Å². The van der Waals surface area contributed by atoms with Gasteiger partial charge in [0.05, 0.1) is 13.7 Å². The molecule has 1 atom stereocenters. The minimum absolute atomic E-state index is 0.0147. The van der Waals surface area contributed by atoms with Gasteiger partial charge < -0.3 is 19.5 Å². The van der Waals surface area contributed by atoms with Crippen LogP contribution in [0, 0.1) is 0 Å². The van der Waals surface area contributed by atoms with Gasteiger partial charge in [-0.1, -0.05) is 0 Å². The van der Waals surface area contributed by atoms with E-state index in [-0.39, 0.29) is 11.8 Å². The van der Waals surface area contributed by atoms with Gasteiger partial charge in [-0.15, -0.1) is 10.2 Å². The number of esters is 1. The molecule has 1 saturated heterocycles. The standard InChI is InChI=1S/C11H15N3O4/c1-16-11(15)9-2-3-10(14-13-9)18-7-8-6-12-4-5-17-8/h2-3,8,12H,4-7H2,1H3. The van der Waals surface area contributed by atoms with E-state index in [1.807, 2.05) is 0 Å². The van der Waals surface area contributed by atoms with E-state index in [4.69, 9.17) is 9.47 Å². The average molecular weight is 253 g/mol. The molecule has 2 rings (SSSR count). The van der Waals surface area contributed by atoms with Crippen LogP contribution >= 0.6 is 0 Å². The molecule has 2 heterocycles. The van der Waals surface area contributed by atoms with Gasteiger partial charge in [0.25, 0.3) is 0 Å². The van der Waals surface area contributed by atoms with Gasteiger partial charge in [-0.3, -0.25) is 0 Å². The van der Waals surface area contributed by atoms with Gasteiger partial charge in [0.1, 0.15) is 12.7 Å². The smallest absolute Gasteiger partial charge is 0.358 e. The molecule has 1 fully saturated rings. The fourth-order valence-corrected chi connectivity index (χ4v) is 1.52. The summed E-state index contributed by atoms with van der Waals surface area (Å²) in [5.41, 5.74) is 0.153. The molecule has 0 bridgehead atoms. The van der Waals surface area contributed by atoms with Gasteiger partial charge in [0.2, 0.25) is 5.88 Å². The van der Waals surface area contributed by atoms with E-state index < -0.39 is 5.97 Å². The Hall–Kier alpha value is -1.73. The van der Waals surface area contributed by atoms with Gasteiger partial charge >= 0.3 is 5.97 Å². The number of carbonyl (C=O) groups is 1. The first-order chi connectivity index (χ1) is 8.79. The molecule has 7 heteroatoms. The maximum atomic E-state index is 11.1. The Balaban J connectivity index is 1.84. The third-order valence-corrected chi connectivity index (χ3v) is 2.46. The predicted octanol–water partition coefficient (Wildman–Crippen LogP) is -0.370. The number of aromatic nitrogens is 2. The maximum absolute atomic E-state index is 11.1. The van der Waals surface area contributed by atoms with Crippen LogP contribution < -0.4 is 10.1 Å². The monoisotopic (exact) mass is 253 g/mol. The Labute approximate surface area is 104 Å². The molecule has 0 aliphatic carbocycles. The molecule has 0 spiro atoms. The highest BCUT2D eigenvalue weighted by molar-refractivity contribution is 5.86. The summed E-state index contributed by atoms with van der Waals surface area (Å²) >= 11 is 0. The highest BCUT2D eigenvalue weighted by Gasteiger charge is 2.14. The van der Waals surface area contributed by atoms with Crippen molar-refractivity contribution in [3.05, 3.63) is 17.8 Å². The zero-order chi connectivity index (χ0) is 12.8. The van der Waals surface area contributed by atoms with Gasteiger partial charge in [-0.2, -0.15) is 0 Å². The minimum atomic E-state index is -0.520. The van der Waals surface area contributed by atoms with Crippen molar-refractivity contribution in [3.63, 3.8) is 0 Å². The van der Waals surface area contributed by atoms with E-state index in [1.54, 1.807) is 6.07 Å². The van der Waals surface area contributed by atoms with Crippen LogP contribution in [0.4, 0.5) is 0 Å². The van der Waals surface area contributed by atoms with E-state index in [9.17, 15) is 4.79 Å². The lowest BCUT2D eigenvalue weighted by Crippen LogP contribution is -2.41. The quantitative estimate of drug-likeness (QED) is 0.733. The topological polar surface area (TPSA) is 82.6 Å². The Morgan fingerprint density at radius 2 is 2.44 bits per heavy atom. The second-order valence-corrected chi connectivity index (χ2v) is 3.76. The highest BCUT2D eigenvalue weighted by Crippen LogP contribution is 2.07. The SMILES string of the molecule is COC(=O)c1ccc(OCC2CNCCO2)nn1. The number of ether oxygens (including phenoxy) is 3. The van der Waals surface area contributed by atoms with Crippen LogP contribution in [0.25, 0.3) is 0 Å². The average Bonchev–Trinajstić information content (AvgIpc) is 2.46. The molecular weight excluding hydrogens is 238 g/mol. The molecule has 18 heavy (non-hydrogen) atoms. The van der Waals surface area contributed by atoms with Gasteiger partial charge in [-0.05, 0) is 6.07 Å². The molecule has 0 radical (unpaired) electrons. The van der Waals surface area contributed by atoms with Crippen LogP contribution in [0.2, 0.25) is 0 Å². The maximum Gasteiger partial charge on any atom is 0.358 e. The molecule has 0 amide bonds. The van der Waals surface area contributed by atoms with Crippen molar-refractivity contribution in [2.75, 3.05) is 33.4 Å². The van der Waals surface area contributed by atoms with Crippen LogP contribution in [0.3, 0.4) is 0 Å².